The number of nitrogens with zero attached hydrogens (tertiary/aromatic N) is 1. The molecule has 0 radical (unpaired) electrons. The number of halogens is 1. The lowest BCUT2D eigenvalue weighted by atomic mass is 10.0. The van der Waals surface area contributed by atoms with Gasteiger partial charge in [0.05, 0.1) is 0 Å². The molecule has 1 aromatic rings. The Labute approximate surface area is 131 Å². The second-order valence-corrected chi connectivity index (χ2v) is 5.96. The van der Waals surface area contributed by atoms with Crippen molar-refractivity contribution in [2.45, 2.75) is 31.8 Å². The van der Waals surface area contributed by atoms with Crippen LogP contribution in [0.1, 0.15) is 31.4 Å². The Kier molecular flexibility index (Phi) is 6.03. The molecule has 0 spiro atoms. The van der Waals surface area contributed by atoms with Gasteiger partial charge in [-0.05, 0) is 37.5 Å². The molecule has 0 bridgehead atoms. The summed E-state index contributed by atoms with van der Waals surface area (Å²) < 4.78 is 4.90. The Balaban J connectivity index is 1.80. The summed E-state index contributed by atoms with van der Waals surface area (Å²) in [5, 5.41) is 4.39. The van der Waals surface area contributed by atoms with E-state index >= 15 is 0 Å². The summed E-state index contributed by atoms with van der Waals surface area (Å²) in [6.07, 6.45) is 1.96. The van der Waals surface area contributed by atoms with E-state index < -0.39 is 0 Å². The molecule has 1 saturated heterocycles. The maximum Gasteiger partial charge on any atom is 0.248 e. The lowest BCUT2D eigenvalue weighted by Crippen LogP contribution is -2.46. The van der Waals surface area contributed by atoms with Crippen molar-refractivity contribution in [2.24, 2.45) is 0 Å². The van der Waals surface area contributed by atoms with E-state index in [0.29, 0.717) is 6.04 Å². The fourth-order valence-electron chi connectivity index (χ4n) is 2.71. The number of hydrogen-bond acceptors (Lipinski definition) is 3. The third-order valence-electron chi connectivity index (χ3n) is 3.97. The highest BCUT2D eigenvalue weighted by atomic mass is 35.5. The molecule has 1 aliphatic rings. The third-order valence-corrected chi connectivity index (χ3v) is 4.22. The van der Waals surface area contributed by atoms with Gasteiger partial charge in [0.2, 0.25) is 5.91 Å². The third kappa shape index (κ3) is 4.70. The largest absolute Gasteiger partial charge is 0.375 e. The van der Waals surface area contributed by atoms with Crippen molar-refractivity contribution >= 4 is 17.5 Å². The van der Waals surface area contributed by atoms with Gasteiger partial charge in [-0.15, -0.1) is 0 Å². The van der Waals surface area contributed by atoms with Gasteiger partial charge < -0.3 is 15.0 Å². The average Bonchev–Trinajstić information content (AvgIpc) is 2.49. The van der Waals surface area contributed by atoms with Crippen molar-refractivity contribution in [3.05, 3.63) is 34.9 Å². The first-order valence-electron chi connectivity index (χ1n) is 7.38. The minimum absolute atomic E-state index is 0.0849. The van der Waals surface area contributed by atoms with Crippen molar-refractivity contribution in [1.29, 1.82) is 0 Å². The topological polar surface area (TPSA) is 41.6 Å². The molecule has 1 unspecified atom stereocenters. The molecule has 4 nitrogen and oxygen atoms in total. The number of piperidine rings is 1. The van der Waals surface area contributed by atoms with Crippen molar-refractivity contribution in [3.63, 3.8) is 0 Å². The number of benzene rings is 1. The number of amides is 1. The number of nitrogens with one attached hydrogen (secondary N) is 1. The zero-order valence-corrected chi connectivity index (χ0v) is 13.4. The lowest BCUT2D eigenvalue weighted by Gasteiger charge is -2.34. The fourth-order valence-corrected chi connectivity index (χ4v) is 2.84. The standard InChI is InChI=1S/C16H23ClN2O2/c1-12(13-3-5-14(17)6-4-13)18-15-7-9-19(10-8-15)16(20)11-21-2/h3-6,12,15,18H,7-11H2,1-2H3. The Bertz CT molecular complexity index is 456. The van der Waals surface area contributed by atoms with Crippen LogP contribution < -0.4 is 5.32 Å². The SMILES string of the molecule is COCC(=O)N1CCC(NC(C)c2ccc(Cl)cc2)CC1. The van der Waals surface area contributed by atoms with Crippen LogP contribution in [0.3, 0.4) is 0 Å². The molecular weight excluding hydrogens is 288 g/mol. The van der Waals surface area contributed by atoms with Gasteiger partial charge >= 0.3 is 0 Å². The second kappa shape index (κ2) is 7.78. The Morgan fingerprint density at radius 1 is 1.38 bits per heavy atom. The van der Waals surface area contributed by atoms with Crippen LogP contribution in [0.25, 0.3) is 0 Å². The summed E-state index contributed by atoms with van der Waals surface area (Å²) in [5.74, 6) is 0.0849. The molecule has 1 amide bonds. The average molecular weight is 311 g/mol. The van der Waals surface area contributed by atoms with Gasteiger partial charge in [0, 0.05) is 37.3 Å². The van der Waals surface area contributed by atoms with Crippen LogP contribution in [-0.2, 0) is 9.53 Å². The van der Waals surface area contributed by atoms with Crippen LogP contribution in [0.15, 0.2) is 24.3 Å². The van der Waals surface area contributed by atoms with Crippen molar-refractivity contribution < 1.29 is 9.53 Å². The smallest absolute Gasteiger partial charge is 0.248 e. The van der Waals surface area contributed by atoms with Crippen molar-refractivity contribution in [1.82, 2.24) is 10.2 Å². The molecule has 1 atom stereocenters. The molecule has 21 heavy (non-hydrogen) atoms. The van der Waals surface area contributed by atoms with Crippen LogP contribution >= 0.6 is 11.6 Å². The van der Waals surface area contributed by atoms with Crippen molar-refractivity contribution in [2.75, 3.05) is 26.8 Å². The number of methoxy groups -OCH3 is 1. The van der Waals surface area contributed by atoms with E-state index in [1.54, 1.807) is 7.11 Å². The fraction of sp³-hybridized carbons (Fsp3) is 0.562. The zero-order chi connectivity index (χ0) is 15.2. The van der Waals surface area contributed by atoms with Crippen LogP contribution in [0, 0.1) is 0 Å². The summed E-state index contributed by atoms with van der Waals surface area (Å²) in [6.45, 7) is 3.94. The Hall–Kier alpha value is -1.10. The molecule has 1 N–H and O–H groups in total. The maximum atomic E-state index is 11.7. The van der Waals surface area contributed by atoms with Gasteiger partial charge in [-0.25, -0.2) is 0 Å². The quantitative estimate of drug-likeness (QED) is 0.909. The number of rotatable bonds is 5. The first-order valence-corrected chi connectivity index (χ1v) is 7.76. The molecule has 0 saturated carbocycles. The highest BCUT2D eigenvalue weighted by Gasteiger charge is 2.23. The van der Waals surface area contributed by atoms with Crippen LogP contribution in [0.4, 0.5) is 0 Å². The lowest BCUT2D eigenvalue weighted by molar-refractivity contribution is -0.136. The number of ether oxygens (including phenoxy) is 1. The second-order valence-electron chi connectivity index (χ2n) is 5.53. The number of likely N-dealkylation sites (tertiary alicyclic amines) is 1. The molecule has 0 aliphatic carbocycles. The number of carbonyl (C=O) groups excluding carboxylic acids is 1. The van der Waals surface area contributed by atoms with Gasteiger partial charge in [-0.2, -0.15) is 0 Å². The van der Waals surface area contributed by atoms with E-state index in [4.69, 9.17) is 16.3 Å². The molecule has 1 fully saturated rings. The molecule has 0 aromatic heterocycles. The van der Waals surface area contributed by atoms with Gasteiger partial charge in [-0.3, -0.25) is 4.79 Å². The van der Waals surface area contributed by atoms with E-state index in [0.717, 1.165) is 31.0 Å². The number of hydrogen-bond donors (Lipinski definition) is 1. The van der Waals surface area contributed by atoms with Gasteiger partial charge in [-0.1, -0.05) is 23.7 Å². The minimum Gasteiger partial charge on any atom is -0.375 e. The highest BCUT2D eigenvalue weighted by molar-refractivity contribution is 6.30. The zero-order valence-electron chi connectivity index (χ0n) is 12.6. The summed E-state index contributed by atoms with van der Waals surface area (Å²) in [5.41, 5.74) is 1.23. The summed E-state index contributed by atoms with van der Waals surface area (Å²) in [7, 11) is 1.56. The summed E-state index contributed by atoms with van der Waals surface area (Å²) in [4.78, 5) is 13.6. The van der Waals surface area contributed by atoms with E-state index in [1.807, 2.05) is 17.0 Å². The van der Waals surface area contributed by atoms with Crippen LogP contribution in [0.5, 0.6) is 0 Å². The van der Waals surface area contributed by atoms with Gasteiger partial charge in [0.1, 0.15) is 6.61 Å². The number of carbonyl (C=O) groups is 1. The van der Waals surface area contributed by atoms with E-state index in [2.05, 4.69) is 24.4 Å². The monoisotopic (exact) mass is 310 g/mol. The predicted octanol–water partition coefficient (Wildman–Crippen LogP) is 2.63. The van der Waals surface area contributed by atoms with E-state index in [9.17, 15) is 4.79 Å². The minimum atomic E-state index is 0.0849. The predicted molar refractivity (Wildman–Crippen MR) is 84.5 cm³/mol. The molecule has 116 valence electrons. The first-order chi connectivity index (χ1) is 10.1. The maximum absolute atomic E-state index is 11.7. The van der Waals surface area contributed by atoms with Crippen molar-refractivity contribution in [3.8, 4) is 0 Å². The molecule has 5 heteroatoms. The van der Waals surface area contributed by atoms with E-state index in [1.165, 1.54) is 5.56 Å². The molecule has 1 aliphatic heterocycles. The summed E-state index contributed by atoms with van der Waals surface area (Å²) in [6, 6.07) is 8.67. The van der Waals surface area contributed by atoms with Gasteiger partial charge in [0.25, 0.3) is 0 Å². The Morgan fingerprint density at radius 3 is 2.57 bits per heavy atom. The van der Waals surface area contributed by atoms with Gasteiger partial charge in [0.15, 0.2) is 0 Å². The molecule has 1 aromatic carbocycles. The first kappa shape index (κ1) is 16.3. The molecular formula is C16H23ClN2O2. The molecule has 2 rings (SSSR count). The summed E-state index contributed by atoms with van der Waals surface area (Å²) >= 11 is 5.91. The molecule has 1 heterocycles. The van der Waals surface area contributed by atoms with E-state index in [-0.39, 0.29) is 18.6 Å². The Morgan fingerprint density at radius 2 is 2.00 bits per heavy atom. The van der Waals surface area contributed by atoms with Crippen LogP contribution in [-0.4, -0.2) is 43.7 Å². The van der Waals surface area contributed by atoms with Crippen LogP contribution in [0.2, 0.25) is 5.02 Å². The highest BCUT2D eigenvalue weighted by Crippen LogP contribution is 2.19. The normalized spacial score (nSPS) is 17.8.